The van der Waals surface area contributed by atoms with Crippen LogP contribution < -0.4 is 4.90 Å². The van der Waals surface area contributed by atoms with Gasteiger partial charge in [0.15, 0.2) is 0 Å². The number of likely N-dealkylation sites (N-methyl/N-ethyl adjacent to an activating group) is 1. The van der Waals surface area contributed by atoms with Crippen molar-refractivity contribution in [3.8, 4) is 6.07 Å². The zero-order chi connectivity index (χ0) is 13.4. The summed E-state index contributed by atoms with van der Waals surface area (Å²) in [5, 5.41) is 10.0. The van der Waals surface area contributed by atoms with Crippen LogP contribution in [0.15, 0.2) is 18.2 Å². The maximum absolute atomic E-state index is 9.23. The predicted molar refractivity (Wildman–Crippen MR) is 78.2 cm³/mol. The summed E-state index contributed by atoms with van der Waals surface area (Å²) in [4.78, 5) is 2.17. The summed E-state index contributed by atoms with van der Waals surface area (Å²) < 4.78 is 5.37. The number of benzene rings is 1. The number of ether oxygens (including phenoxy) is 1. The van der Waals surface area contributed by atoms with Crippen molar-refractivity contribution in [1.82, 2.24) is 0 Å². The van der Waals surface area contributed by atoms with E-state index in [1.807, 2.05) is 25.1 Å². The maximum atomic E-state index is 9.23. The Balaban J connectivity index is 2.88. The van der Waals surface area contributed by atoms with Crippen LogP contribution in [-0.2, 0) is 10.1 Å². The van der Waals surface area contributed by atoms with Crippen LogP contribution >= 0.6 is 15.9 Å². The number of rotatable bonds is 7. The molecule has 0 aliphatic rings. The Hall–Kier alpha value is -1.05. The standard InChI is InChI=1S/C14H19BrN2O/c1-3-17(7-8-18-4-2)14-6-5-12(10-15)9-13(14)11-16/h5-6,9H,3-4,7-8,10H2,1-2H3. The minimum absolute atomic E-state index is 0.690. The molecular formula is C14H19BrN2O. The number of hydrogen-bond acceptors (Lipinski definition) is 3. The van der Waals surface area contributed by atoms with E-state index in [4.69, 9.17) is 4.74 Å². The van der Waals surface area contributed by atoms with Crippen molar-refractivity contribution in [2.75, 3.05) is 31.2 Å². The quantitative estimate of drug-likeness (QED) is 0.572. The second-order valence-corrected chi connectivity index (χ2v) is 4.43. The van der Waals surface area contributed by atoms with Crippen LogP contribution in [0.3, 0.4) is 0 Å². The molecule has 4 heteroatoms. The van der Waals surface area contributed by atoms with Gasteiger partial charge in [-0.15, -0.1) is 0 Å². The van der Waals surface area contributed by atoms with Crippen molar-refractivity contribution >= 4 is 21.6 Å². The van der Waals surface area contributed by atoms with E-state index in [1.54, 1.807) is 0 Å². The number of anilines is 1. The van der Waals surface area contributed by atoms with Gasteiger partial charge in [-0.05, 0) is 31.5 Å². The van der Waals surface area contributed by atoms with Gasteiger partial charge >= 0.3 is 0 Å². The van der Waals surface area contributed by atoms with Crippen LogP contribution in [0.5, 0.6) is 0 Å². The SMILES string of the molecule is CCOCCN(CC)c1ccc(CBr)cc1C#N. The van der Waals surface area contributed by atoms with Crippen LogP contribution in [0.4, 0.5) is 5.69 Å². The Morgan fingerprint density at radius 3 is 2.72 bits per heavy atom. The van der Waals surface area contributed by atoms with E-state index in [-0.39, 0.29) is 0 Å². The molecule has 0 N–H and O–H groups in total. The van der Waals surface area contributed by atoms with Crippen molar-refractivity contribution in [3.63, 3.8) is 0 Å². The van der Waals surface area contributed by atoms with Gasteiger partial charge in [-0.25, -0.2) is 0 Å². The maximum Gasteiger partial charge on any atom is 0.101 e. The summed E-state index contributed by atoms with van der Waals surface area (Å²) in [6, 6.07) is 8.28. The Kier molecular flexibility index (Phi) is 6.77. The molecule has 0 amide bonds. The fourth-order valence-corrected chi connectivity index (χ4v) is 2.15. The Labute approximate surface area is 117 Å². The summed E-state index contributed by atoms with van der Waals surface area (Å²) in [6.45, 7) is 7.18. The molecule has 1 rings (SSSR count). The van der Waals surface area contributed by atoms with E-state index in [9.17, 15) is 5.26 Å². The van der Waals surface area contributed by atoms with E-state index in [0.29, 0.717) is 6.61 Å². The molecule has 0 saturated heterocycles. The van der Waals surface area contributed by atoms with Gasteiger partial charge in [0.05, 0.1) is 17.9 Å². The minimum Gasteiger partial charge on any atom is -0.380 e. The molecule has 0 fully saturated rings. The molecule has 3 nitrogen and oxygen atoms in total. The molecule has 0 bridgehead atoms. The smallest absolute Gasteiger partial charge is 0.101 e. The van der Waals surface area contributed by atoms with Crippen molar-refractivity contribution < 1.29 is 4.74 Å². The summed E-state index contributed by atoms with van der Waals surface area (Å²) in [5.41, 5.74) is 2.84. The summed E-state index contributed by atoms with van der Waals surface area (Å²) in [6.07, 6.45) is 0. The first-order valence-corrected chi connectivity index (χ1v) is 7.30. The first-order valence-electron chi connectivity index (χ1n) is 6.18. The van der Waals surface area contributed by atoms with Crippen LogP contribution in [0, 0.1) is 11.3 Å². The zero-order valence-electron chi connectivity index (χ0n) is 10.9. The highest BCUT2D eigenvalue weighted by atomic mass is 79.9. The van der Waals surface area contributed by atoms with E-state index in [0.717, 1.165) is 41.8 Å². The molecule has 0 heterocycles. The fourth-order valence-electron chi connectivity index (χ4n) is 1.80. The molecule has 18 heavy (non-hydrogen) atoms. The van der Waals surface area contributed by atoms with Gasteiger partial charge in [-0.1, -0.05) is 22.0 Å². The molecule has 0 saturated carbocycles. The average molecular weight is 311 g/mol. The largest absolute Gasteiger partial charge is 0.380 e. The first kappa shape index (κ1) is 15.0. The predicted octanol–water partition coefficient (Wildman–Crippen LogP) is 3.32. The number of hydrogen-bond donors (Lipinski definition) is 0. The molecule has 1 aromatic rings. The molecule has 0 spiro atoms. The van der Waals surface area contributed by atoms with Gasteiger partial charge in [0.25, 0.3) is 0 Å². The molecule has 1 aromatic carbocycles. The van der Waals surface area contributed by atoms with E-state index in [2.05, 4.69) is 33.8 Å². The lowest BCUT2D eigenvalue weighted by Gasteiger charge is -2.24. The lowest BCUT2D eigenvalue weighted by molar-refractivity contribution is 0.154. The van der Waals surface area contributed by atoms with Gasteiger partial charge < -0.3 is 9.64 Å². The van der Waals surface area contributed by atoms with Crippen molar-refractivity contribution in [1.29, 1.82) is 5.26 Å². The Morgan fingerprint density at radius 2 is 2.17 bits per heavy atom. The third kappa shape index (κ3) is 4.01. The summed E-state index contributed by atoms with van der Waals surface area (Å²) >= 11 is 3.41. The van der Waals surface area contributed by atoms with Gasteiger partial charge in [-0.3, -0.25) is 0 Å². The highest BCUT2D eigenvalue weighted by molar-refractivity contribution is 9.08. The third-order valence-corrected chi connectivity index (χ3v) is 3.42. The molecule has 0 radical (unpaired) electrons. The van der Waals surface area contributed by atoms with Crippen LogP contribution in [0.2, 0.25) is 0 Å². The molecule has 0 aliphatic heterocycles. The lowest BCUT2D eigenvalue weighted by atomic mass is 10.1. The highest BCUT2D eigenvalue weighted by Crippen LogP contribution is 2.22. The monoisotopic (exact) mass is 310 g/mol. The van der Waals surface area contributed by atoms with Crippen molar-refractivity contribution in [3.05, 3.63) is 29.3 Å². The Morgan fingerprint density at radius 1 is 1.39 bits per heavy atom. The van der Waals surface area contributed by atoms with Gasteiger partial charge in [-0.2, -0.15) is 5.26 Å². The van der Waals surface area contributed by atoms with Gasteiger partial charge in [0, 0.05) is 25.0 Å². The van der Waals surface area contributed by atoms with Crippen LogP contribution in [0.25, 0.3) is 0 Å². The fraction of sp³-hybridized carbons (Fsp3) is 0.500. The highest BCUT2D eigenvalue weighted by Gasteiger charge is 2.10. The van der Waals surface area contributed by atoms with Crippen LogP contribution in [-0.4, -0.2) is 26.3 Å². The van der Waals surface area contributed by atoms with Gasteiger partial charge in [0.1, 0.15) is 6.07 Å². The second kappa shape index (κ2) is 8.12. The zero-order valence-corrected chi connectivity index (χ0v) is 12.5. The molecule has 0 atom stereocenters. The molecule has 0 aromatic heterocycles. The lowest BCUT2D eigenvalue weighted by Crippen LogP contribution is -2.27. The van der Waals surface area contributed by atoms with Crippen LogP contribution in [0.1, 0.15) is 25.0 Å². The summed E-state index contributed by atoms with van der Waals surface area (Å²) in [5.74, 6) is 0. The van der Waals surface area contributed by atoms with E-state index < -0.39 is 0 Å². The van der Waals surface area contributed by atoms with Crippen molar-refractivity contribution in [2.24, 2.45) is 0 Å². The first-order chi connectivity index (χ1) is 8.76. The molecule has 0 aliphatic carbocycles. The normalized spacial score (nSPS) is 10.1. The topological polar surface area (TPSA) is 36.3 Å². The van der Waals surface area contributed by atoms with Crippen molar-refractivity contribution in [2.45, 2.75) is 19.2 Å². The number of nitrogens with zero attached hydrogens (tertiary/aromatic N) is 2. The molecular weight excluding hydrogens is 292 g/mol. The number of alkyl halides is 1. The molecule has 0 unspecified atom stereocenters. The number of nitriles is 1. The van der Waals surface area contributed by atoms with E-state index >= 15 is 0 Å². The summed E-state index contributed by atoms with van der Waals surface area (Å²) in [7, 11) is 0. The molecule has 98 valence electrons. The average Bonchev–Trinajstić information content (AvgIpc) is 2.43. The number of halogens is 1. The Bertz CT molecular complexity index is 415. The van der Waals surface area contributed by atoms with Gasteiger partial charge in [0.2, 0.25) is 0 Å². The second-order valence-electron chi connectivity index (χ2n) is 3.87. The third-order valence-electron chi connectivity index (χ3n) is 2.77. The minimum atomic E-state index is 0.690. The van der Waals surface area contributed by atoms with E-state index in [1.165, 1.54) is 0 Å².